The number of methoxy groups -OCH3 is 2. The molecule has 0 radical (unpaired) electrons. The van der Waals surface area contributed by atoms with Gasteiger partial charge in [0.15, 0.2) is 28.7 Å². The van der Waals surface area contributed by atoms with Gasteiger partial charge in [-0.3, -0.25) is 9.69 Å². The third kappa shape index (κ3) is 4.94. The molecule has 9 heteroatoms. The second-order valence-electron chi connectivity index (χ2n) is 8.36. The van der Waals surface area contributed by atoms with E-state index in [1.807, 2.05) is 36.4 Å². The van der Waals surface area contributed by atoms with Gasteiger partial charge in [-0.15, -0.1) is 0 Å². The van der Waals surface area contributed by atoms with Crippen LogP contribution in [0.5, 0.6) is 23.0 Å². The molecule has 0 spiro atoms. The Balaban J connectivity index is 1.38. The highest BCUT2D eigenvalue weighted by atomic mass is 16.7. The van der Waals surface area contributed by atoms with Gasteiger partial charge in [-0.2, -0.15) is 0 Å². The van der Waals surface area contributed by atoms with Crippen molar-refractivity contribution in [2.45, 2.75) is 38.5 Å². The lowest BCUT2D eigenvalue weighted by molar-refractivity contribution is 0.0946. The van der Waals surface area contributed by atoms with E-state index < -0.39 is 0 Å². The van der Waals surface area contributed by atoms with E-state index >= 15 is 0 Å². The highest BCUT2D eigenvalue weighted by Crippen LogP contribution is 2.34. The second kappa shape index (κ2) is 9.64. The van der Waals surface area contributed by atoms with Crippen molar-refractivity contribution in [3.63, 3.8) is 0 Å². The third-order valence-corrected chi connectivity index (χ3v) is 5.78. The second-order valence-corrected chi connectivity index (χ2v) is 8.36. The first kappa shape index (κ1) is 22.1. The first-order valence-electron chi connectivity index (χ1n) is 11.2. The van der Waals surface area contributed by atoms with Crippen LogP contribution in [-0.4, -0.2) is 42.8 Å². The molecule has 1 amide bonds. The number of hydrogen-bond acceptors (Lipinski definition) is 8. The van der Waals surface area contributed by atoms with Crippen molar-refractivity contribution in [2.75, 3.05) is 21.0 Å². The number of nitrogens with one attached hydrogen (secondary N) is 1. The molecule has 2 aliphatic rings. The number of ether oxygens (including phenoxy) is 4. The zero-order valence-corrected chi connectivity index (χ0v) is 19.2. The number of carbonyl (C=O) groups excluding carboxylic acids is 1. The summed E-state index contributed by atoms with van der Waals surface area (Å²) < 4.78 is 27.7. The van der Waals surface area contributed by atoms with Crippen LogP contribution < -0.4 is 24.3 Å². The topological polar surface area (TPSA) is 95.3 Å². The molecule has 1 fully saturated rings. The number of rotatable bonds is 10. The van der Waals surface area contributed by atoms with Gasteiger partial charge < -0.3 is 28.7 Å². The SMILES string of the molecule is COc1cccc(CN(Cc2ccc3c(c2)OCO3)Cc2nc(C(=O)NC3CC3)co2)c1OC. The van der Waals surface area contributed by atoms with E-state index in [2.05, 4.69) is 15.2 Å². The van der Waals surface area contributed by atoms with Gasteiger partial charge in [0.25, 0.3) is 5.91 Å². The molecule has 1 aliphatic carbocycles. The van der Waals surface area contributed by atoms with E-state index in [4.69, 9.17) is 23.4 Å². The molecule has 34 heavy (non-hydrogen) atoms. The fraction of sp³-hybridized carbons (Fsp3) is 0.360. The Bertz CT molecular complexity index is 1170. The minimum absolute atomic E-state index is 0.200. The first-order valence-corrected chi connectivity index (χ1v) is 11.2. The maximum atomic E-state index is 12.3. The quantitative estimate of drug-likeness (QED) is 0.486. The number of hydrogen-bond donors (Lipinski definition) is 1. The molecule has 178 valence electrons. The highest BCUT2D eigenvalue weighted by molar-refractivity contribution is 5.92. The summed E-state index contributed by atoms with van der Waals surface area (Å²) in [6.45, 7) is 1.75. The normalized spacial score (nSPS) is 14.3. The van der Waals surface area contributed by atoms with E-state index in [9.17, 15) is 4.79 Å². The average Bonchev–Trinajstić information content (AvgIpc) is 3.32. The van der Waals surface area contributed by atoms with Gasteiger partial charge in [-0.05, 0) is 36.6 Å². The molecule has 2 aromatic carbocycles. The van der Waals surface area contributed by atoms with Crippen LogP contribution in [0, 0.1) is 0 Å². The first-order chi connectivity index (χ1) is 16.6. The van der Waals surface area contributed by atoms with Crippen molar-refractivity contribution in [3.05, 3.63) is 65.4 Å². The van der Waals surface area contributed by atoms with Gasteiger partial charge in [0, 0.05) is 24.7 Å². The third-order valence-electron chi connectivity index (χ3n) is 5.78. The maximum absolute atomic E-state index is 12.3. The van der Waals surface area contributed by atoms with Crippen LogP contribution in [0.1, 0.15) is 40.3 Å². The monoisotopic (exact) mass is 465 g/mol. The summed E-state index contributed by atoms with van der Waals surface area (Å²) in [5, 5.41) is 2.94. The largest absolute Gasteiger partial charge is 0.493 e. The van der Waals surface area contributed by atoms with Crippen molar-refractivity contribution < 1.29 is 28.2 Å². The van der Waals surface area contributed by atoms with Crippen LogP contribution in [0.2, 0.25) is 0 Å². The summed E-state index contributed by atoms with van der Waals surface area (Å²) in [5.41, 5.74) is 2.30. The molecule has 0 saturated heterocycles. The smallest absolute Gasteiger partial charge is 0.273 e. The molecule has 1 aliphatic heterocycles. The number of amides is 1. The lowest BCUT2D eigenvalue weighted by Gasteiger charge is -2.23. The predicted octanol–water partition coefficient (Wildman–Crippen LogP) is 3.52. The molecule has 5 rings (SSSR count). The lowest BCUT2D eigenvalue weighted by Crippen LogP contribution is -2.26. The molecular formula is C25H27N3O6. The number of para-hydroxylation sites is 1. The van der Waals surface area contributed by atoms with Gasteiger partial charge >= 0.3 is 0 Å². The Morgan fingerprint density at radius 2 is 1.94 bits per heavy atom. The Morgan fingerprint density at radius 3 is 2.74 bits per heavy atom. The summed E-state index contributed by atoms with van der Waals surface area (Å²) in [6, 6.07) is 11.9. The molecule has 1 saturated carbocycles. The van der Waals surface area contributed by atoms with Crippen molar-refractivity contribution in [2.24, 2.45) is 0 Å². The van der Waals surface area contributed by atoms with Crippen LogP contribution in [0.25, 0.3) is 0 Å². The summed E-state index contributed by atoms with van der Waals surface area (Å²) in [4.78, 5) is 18.9. The minimum atomic E-state index is -0.200. The number of oxazole rings is 1. The van der Waals surface area contributed by atoms with E-state index in [0.29, 0.717) is 42.7 Å². The van der Waals surface area contributed by atoms with Crippen molar-refractivity contribution in [1.82, 2.24) is 15.2 Å². The van der Waals surface area contributed by atoms with Gasteiger partial charge in [0.2, 0.25) is 12.7 Å². The molecular weight excluding hydrogens is 438 g/mol. The van der Waals surface area contributed by atoms with E-state index in [-0.39, 0.29) is 18.7 Å². The Kier molecular flexibility index (Phi) is 6.27. The number of aromatic nitrogens is 1. The number of carbonyl (C=O) groups is 1. The van der Waals surface area contributed by atoms with Crippen molar-refractivity contribution in [3.8, 4) is 23.0 Å². The van der Waals surface area contributed by atoms with Crippen LogP contribution >= 0.6 is 0 Å². The average molecular weight is 466 g/mol. The van der Waals surface area contributed by atoms with E-state index in [1.165, 1.54) is 6.26 Å². The highest BCUT2D eigenvalue weighted by Gasteiger charge is 2.26. The number of benzene rings is 2. The molecule has 0 atom stereocenters. The van der Waals surface area contributed by atoms with Crippen LogP contribution in [-0.2, 0) is 19.6 Å². The minimum Gasteiger partial charge on any atom is -0.493 e. The lowest BCUT2D eigenvalue weighted by atomic mass is 10.1. The fourth-order valence-electron chi connectivity index (χ4n) is 3.95. The summed E-state index contributed by atoms with van der Waals surface area (Å²) >= 11 is 0. The summed E-state index contributed by atoms with van der Waals surface area (Å²) in [5.74, 6) is 3.07. The van der Waals surface area contributed by atoms with Crippen molar-refractivity contribution in [1.29, 1.82) is 0 Å². The molecule has 0 unspecified atom stereocenters. The standard InChI is InChI=1S/C25H27N3O6/c1-30-21-5-3-4-17(24(21)31-2)12-28(11-16-6-9-20-22(10-16)34-15-33-20)13-23-27-19(14-32-23)25(29)26-18-7-8-18/h3-6,9-10,14,18H,7-8,11-13,15H2,1-2H3,(H,26,29). The van der Waals surface area contributed by atoms with Crippen LogP contribution in [0.15, 0.2) is 47.1 Å². The fourth-order valence-corrected chi connectivity index (χ4v) is 3.95. The zero-order valence-electron chi connectivity index (χ0n) is 19.2. The van der Waals surface area contributed by atoms with Crippen LogP contribution in [0.3, 0.4) is 0 Å². The Labute approximate surface area is 197 Å². The molecule has 1 N–H and O–H groups in total. The summed E-state index contributed by atoms with van der Waals surface area (Å²) in [6.07, 6.45) is 3.45. The molecule has 2 heterocycles. The molecule has 3 aromatic rings. The van der Waals surface area contributed by atoms with E-state index in [1.54, 1.807) is 14.2 Å². The zero-order chi connectivity index (χ0) is 23.5. The van der Waals surface area contributed by atoms with Crippen LogP contribution in [0.4, 0.5) is 0 Å². The van der Waals surface area contributed by atoms with Gasteiger partial charge in [-0.25, -0.2) is 4.98 Å². The van der Waals surface area contributed by atoms with Gasteiger partial charge in [0.05, 0.1) is 20.8 Å². The Morgan fingerprint density at radius 1 is 1.09 bits per heavy atom. The molecule has 1 aromatic heterocycles. The Hall–Kier alpha value is -3.72. The molecule has 0 bridgehead atoms. The van der Waals surface area contributed by atoms with Gasteiger partial charge in [-0.1, -0.05) is 18.2 Å². The summed E-state index contributed by atoms with van der Waals surface area (Å²) in [7, 11) is 3.25. The van der Waals surface area contributed by atoms with E-state index in [0.717, 1.165) is 35.5 Å². The predicted molar refractivity (Wildman–Crippen MR) is 122 cm³/mol. The van der Waals surface area contributed by atoms with Gasteiger partial charge in [0.1, 0.15) is 6.26 Å². The number of nitrogens with zero attached hydrogens (tertiary/aromatic N) is 2. The number of fused-ring (bicyclic) bond motifs is 1. The maximum Gasteiger partial charge on any atom is 0.273 e. The molecule has 9 nitrogen and oxygen atoms in total. The van der Waals surface area contributed by atoms with Crippen molar-refractivity contribution >= 4 is 5.91 Å².